The number of hydrogen-bond acceptors (Lipinski definition) is 2. The van der Waals surface area contributed by atoms with Gasteiger partial charge in [-0.1, -0.05) is 18.2 Å². The Morgan fingerprint density at radius 3 is 2.36 bits per heavy atom. The summed E-state index contributed by atoms with van der Waals surface area (Å²) in [5, 5.41) is 11.5. The zero-order valence-corrected chi connectivity index (χ0v) is 8.15. The Kier molecular flexibility index (Phi) is 2.00. The Balaban J connectivity index is 2.62. The first-order chi connectivity index (χ1) is 6.70. The number of aromatic nitrogens is 1. The van der Waals surface area contributed by atoms with Gasteiger partial charge in [-0.3, -0.25) is 0 Å². The van der Waals surface area contributed by atoms with E-state index in [4.69, 9.17) is 4.42 Å². The highest BCUT2D eigenvalue weighted by Crippen LogP contribution is 2.24. The number of oxazole rings is 1. The smallest absolute Gasteiger partial charge is 0.235 e. The average molecular weight is 189 g/mol. The van der Waals surface area contributed by atoms with Gasteiger partial charge in [-0.2, -0.15) is 4.57 Å². The summed E-state index contributed by atoms with van der Waals surface area (Å²) in [5.41, 5.74) is 1.49. The molecule has 3 nitrogen and oxygen atoms in total. The van der Waals surface area contributed by atoms with Gasteiger partial charge in [-0.25, -0.2) is 0 Å². The second kappa shape index (κ2) is 3.18. The molecular formula is C11H11NO2. The molecule has 0 aliphatic rings. The van der Waals surface area contributed by atoms with Crippen LogP contribution >= 0.6 is 0 Å². The lowest BCUT2D eigenvalue weighted by Gasteiger charge is -1.97. The minimum atomic E-state index is -0.281. The highest BCUT2D eigenvalue weighted by atomic mass is 16.5. The van der Waals surface area contributed by atoms with E-state index >= 15 is 0 Å². The van der Waals surface area contributed by atoms with E-state index in [0.29, 0.717) is 11.6 Å². The number of nitrogens with zero attached hydrogens (tertiary/aromatic N) is 1. The van der Waals surface area contributed by atoms with Gasteiger partial charge in [0.1, 0.15) is 13.0 Å². The Morgan fingerprint density at radius 2 is 1.86 bits per heavy atom. The zero-order chi connectivity index (χ0) is 10.1. The molecule has 1 heterocycles. The summed E-state index contributed by atoms with van der Waals surface area (Å²) in [5.74, 6) is 0.338. The van der Waals surface area contributed by atoms with Gasteiger partial charge in [0.05, 0.1) is 0 Å². The van der Waals surface area contributed by atoms with Crippen LogP contribution in [0.3, 0.4) is 0 Å². The summed E-state index contributed by atoms with van der Waals surface area (Å²) in [7, 11) is 1.82. The molecule has 0 atom stereocenters. The lowest BCUT2D eigenvalue weighted by molar-refractivity contribution is -0.671. The standard InChI is InChI=1S/C11H11NO2/c1-8-12(2)10(11(13)14-8)9-6-4-3-5-7-9/h3-7H,1-2H3. The number of benzene rings is 1. The molecule has 2 aromatic rings. The summed E-state index contributed by atoms with van der Waals surface area (Å²) in [6, 6.07) is 9.51. The third-order valence-electron chi connectivity index (χ3n) is 2.29. The molecule has 0 amide bonds. The number of hydrogen-bond donors (Lipinski definition) is 0. The molecular weight excluding hydrogens is 178 g/mol. The van der Waals surface area contributed by atoms with Gasteiger partial charge in [0.2, 0.25) is 11.6 Å². The second-order valence-corrected chi connectivity index (χ2v) is 3.18. The quantitative estimate of drug-likeness (QED) is 0.631. The second-order valence-electron chi connectivity index (χ2n) is 3.18. The van der Waals surface area contributed by atoms with Gasteiger partial charge in [-0.05, 0) is 12.1 Å². The summed E-state index contributed by atoms with van der Waals surface area (Å²) in [6.45, 7) is 1.77. The van der Waals surface area contributed by atoms with Crippen LogP contribution in [0.1, 0.15) is 5.89 Å². The van der Waals surface area contributed by atoms with Crippen LogP contribution in [0.4, 0.5) is 0 Å². The molecule has 2 rings (SSSR count). The van der Waals surface area contributed by atoms with Gasteiger partial charge in [0.15, 0.2) is 0 Å². The largest absolute Gasteiger partial charge is 0.540 e. The third-order valence-corrected chi connectivity index (χ3v) is 2.29. The first-order valence-electron chi connectivity index (χ1n) is 4.42. The van der Waals surface area contributed by atoms with Crippen molar-refractivity contribution < 1.29 is 14.1 Å². The van der Waals surface area contributed by atoms with Crippen LogP contribution in [0.25, 0.3) is 11.3 Å². The van der Waals surface area contributed by atoms with E-state index in [1.807, 2.05) is 37.4 Å². The zero-order valence-electron chi connectivity index (χ0n) is 8.15. The predicted molar refractivity (Wildman–Crippen MR) is 49.5 cm³/mol. The molecule has 0 aliphatic carbocycles. The molecule has 3 heteroatoms. The maximum atomic E-state index is 11.5. The van der Waals surface area contributed by atoms with E-state index in [-0.39, 0.29) is 5.95 Å². The van der Waals surface area contributed by atoms with Crippen molar-refractivity contribution in [1.82, 2.24) is 0 Å². The van der Waals surface area contributed by atoms with Gasteiger partial charge in [0, 0.05) is 12.5 Å². The summed E-state index contributed by atoms with van der Waals surface area (Å²) in [6.07, 6.45) is 0. The topological polar surface area (TPSA) is 40.1 Å². The maximum absolute atomic E-state index is 11.5. The van der Waals surface area contributed by atoms with Crippen molar-refractivity contribution in [2.45, 2.75) is 6.92 Å². The monoisotopic (exact) mass is 189 g/mol. The molecule has 0 saturated carbocycles. The van der Waals surface area contributed by atoms with Crippen molar-refractivity contribution in [3.63, 3.8) is 0 Å². The van der Waals surface area contributed by atoms with Crippen LogP contribution in [-0.2, 0) is 7.05 Å². The summed E-state index contributed by atoms with van der Waals surface area (Å²) >= 11 is 0. The molecule has 14 heavy (non-hydrogen) atoms. The van der Waals surface area contributed by atoms with Gasteiger partial charge < -0.3 is 9.52 Å². The van der Waals surface area contributed by atoms with Gasteiger partial charge >= 0.3 is 0 Å². The molecule has 0 radical (unpaired) electrons. The van der Waals surface area contributed by atoms with Crippen LogP contribution < -0.4 is 9.67 Å². The van der Waals surface area contributed by atoms with Crippen molar-refractivity contribution in [2.75, 3.05) is 0 Å². The normalized spacial score (nSPS) is 10.4. The SMILES string of the molecule is Cc1oc([O-])c(-c2ccccc2)[n+]1C. The molecule has 0 bridgehead atoms. The fourth-order valence-electron chi connectivity index (χ4n) is 1.45. The predicted octanol–water partition coefficient (Wildman–Crippen LogP) is 1.15. The number of rotatable bonds is 1. The highest BCUT2D eigenvalue weighted by Gasteiger charge is 2.15. The van der Waals surface area contributed by atoms with E-state index < -0.39 is 0 Å². The fourth-order valence-corrected chi connectivity index (χ4v) is 1.45. The minimum Gasteiger partial charge on any atom is -0.540 e. The molecule has 1 aromatic carbocycles. The Bertz CT molecular complexity index is 446. The molecule has 0 N–H and O–H groups in total. The van der Waals surface area contributed by atoms with E-state index in [1.54, 1.807) is 11.5 Å². The van der Waals surface area contributed by atoms with Crippen LogP contribution in [0.2, 0.25) is 0 Å². The summed E-state index contributed by atoms with van der Waals surface area (Å²) < 4.78 is 6.77. The van der Waals surface area contributed by atoms with E-state index in [9.17, 15) is 5.11 Å². The Morgan fingerprint density at radius 1 is 1.21 bits per heavy atom. The molecule has 72 valence electrons. The number of aryl methyl sites for hydroxylation is 1. The Hall–Kier alpha value is -1.77. The lowest BCUT2D eigenvalue weighted by Crippen LogP contribution is -2.31. The maximum Gasteiger partial charge on any atom is 0.235 e. The van der Waals surface area contributed by atoms with Crippen molar-refractivity contribution >= 4 is 0 Å². The van der Waals surface area contributed by atoms with E-state index in [0.717, 1.165) is 5.56 Å². The van der Waals surface area contributed by atoms with Crippen molar-refractivity contribution in [1.29, 1.82) is 0 Å². The summed E-state index contributed by atoms with van der Waals surface area (Å²) in [4.78, 5) is 0. The Labute approximate surface area is 82.2 Å². The van der Waals surface area contributed by atoms with Crippen molar-refractivity contribution in [3.8, 4) is 17.2 Å². The molecule has 0 aliphatic heterocycles. The lowest BCUT2D eigenvalue weighted by atomic mass is 10.2. The van der Waals surface area contributed by atoms with Crippen molar-refractivity contribution in [2.24, 2.45) is 7.05 Å². The average Bonchev–Trinajstić information content (AvgIpc) is 2.43. The molecule has 0 saturated heterocycles. The van der Waals surface area contributed by atoms with Gasteiger partial charge in [-0.15, -0.1) is 0 Å². The first-order valence-corrected chi connectivity index (χ1v) is 4.42. The molecule has 0 fully saturated rings. The van der Waals surface area contributed by atoms with Crippen LogP contribution in [0, 0.1) is 6.92 Å². The highest BCUT2D eigenvalue weighted by molar-refractivity contribution is 5.59. The van der Waals surface area contributed by atoms with E-state index in [2.05, 4.69) is 0 Å². The minimum absolute atomic E-state index is 0.281. The molecule has 0 unspecified atom stereocenters. The van der Waals surface area contributed by atoms with Gasteiger partial charge in [0.25, 0.3) is 0 Å². The van der Waals surface area contributed by atoms with Crippen LogP contribution in [0.15, 0.2) is 34.7 Å². The van der Waals surface area contributed by atoms with Crippen LogP contribution in [-0.4, -0.2) is 0 Å². The molecule has 1 aromatic heterocycles. The van der Waals surface area contributed by atoms with Crippen LogP contribution in [0.5, 0.6) is 5.95 Å². The first kappa shape index (κ1) is 8.81. The molecule has 0 spiro atoms. The van der Waals surface area contributed by atoms with E-state index in [1.165, 1.54) is 0 Å². The fraction of sp³-hybridized carbons (Fsp3) is 0.182. The van der Waals surface area contributed by atoms with Crippen molar-refractivity contribution in [3.05, 3.63) is 36.2 Å². The third kappa shape index (κ3) is 1.27.